The average molecular weight is 262 g/mol. The fourth-order valence-electron chi connectivity index (χ4n) is 2.53. The molecule has 0 saturated carbocycles. The Kier molecular flexibility index (Phi) is 4.34. The summed E-state index contributed by atoms with van der Waals surface area (Å²) < 4.78 is 0. The molecule has 0 aliphatic heterocycles. The molecule has 0 aliphatic carbocycles. The Balaban J connectivity index is 2.46. The van der Waals surface area contributed by atoms with Crippen LogP contribution in [0.25, 0.3) is 0 Å². The van der Waals surface area contributed by atoms with Gasteiger partial charge in [-0.15, -0.1) is 6.58 Å². The molecule has 2 radical (unpaired) electrons. The van der Waals surface area contributed by atoms with Gasteiger partial charge in [-0.1, -0.05) is 54.9 Å². The Morgan fingerprint density at radius 2 is 1.55 bits per heavy atom. The molecule has 0 amide bonds. The summed E-state index contributed by atoms with van der Waals surface area (Å²) in [4.78, 5) is 0. The predicted molar refractivity (Wildman–Crippen MR) is 85.8 cm³/mol. The van der Waals surface area contributed by atoms with Gasteiger partial charge in [0.2, 0.25) is 0 Å². The second-order valence-corrected chi connectivity index (χ2v) is 5.33. The standard InChI is InChI=1S/C18H19BO/c1-3-4-13-18(2,14-5-9-16(19)10-6-14)15-7-11-17(20)12-8-15/h3,5-12,20H,1,4,13H2,2H3. The number of phenols is 1. The topological polar surface area (TPSA) is 20.2 Å². The zero-order valence-electron chi connectivity index (χ0n) is 11.8. The number of benzene rings is 2. The number of allylic oxidation sites excluding steroid dienone is 1. The molecule has 2 aromatic carbocycles. The van der Waals surface area contributed by atoms with E-state index in [4.69, 9.17) is 7.85 Å². The van der Waals surface area contributed by atoms with Gasteiger partial charge in [-0.2, -0.15) is 0 Å². The van der Waals surface area contributed by atoms with E-state index in [0.29, 0.717) is 0 Å². The van der Waals surface area contributed by atoms with Crippen LogP contribution in [0.15, 0.2) is 61.2 Å². The maximum Gasteiger partial charge on any atom is 0.115 e. The number of rotatable bonds is 5. The molecule has 0 spiro atoms. The summed E-state index contributed by atoms with van der Waals surface area (Å²) in [5.41, 5.74) is 3.06. The highest BCUT2D eigenvalue weighted by Crippen LogP contribution is 2.36. The second kappa shape index (κ2) is 6.00. The second-order valence-electron chi connectivity index (χ2n) is 5.33. The lowest BCUT2D eigenvalue weighted by Crippen LogP contribution is -2.24. The van der Waals surface area contributed by atoms with Gasteiger partial charge in [-0.05, 0) is 36.1 Å². The van der Waals surface area contributed by atoms with Crippen LogP contribution >= 0.6 is 0 Å². The van der Waals surface area contributed by atoms with E-state index < -0.39 is 0 Å². The summed E-state index contributed by atoms with van der Waals surface area (Å²) in [6.45, 7) is 6.04. The Hall–Kier alpha value is -1.96. The minimum Gasteiger partial charge on any atom is -0.508 e. The molecule has 0 aromatic heterocycles. The van der Waals surface area contributed by atoms with Gasteiger partial charge in [0.1, 0.15) is 13.6 Å². The Morgan fingerprint density at radius 1 is 1.05 bits per heavy atom. The minimum atomic E-state index is -0.115. The molecule has 1 nitrogen and oxygen atoms in total. The van der Waals surface area contributed by atoms with E-state index >= 15 is 0 Å². The van der Waals surface area contributed by atoms with Crippen LogP contribution in [0.3, 0.4) is 0 Å². The Labute approximate surface area is 122 Å². The SMILES string of the molecule is [B]c1ccc(C(C)(CCC=C)c2ccc(O)cc2)cc1. The smallest absolute Gasteiger partial charge is 0.115 e. The van der Waals surface area contributed by atoms with Crippen molar-refractivity contribution in [1.29, 1.82) is 0 Å². The summed E-state index contributed by atoms with van der Waals surface area (Å²) in [6, 6.07) is 15.4. The zero-order chi connectivity index (χ0) is 14.6. The molecular formula is C18H19BO. The largest absolute Gasteiger partial charge is 0.508 e. The van der Waals surface area contributed by atoms with Crippen LogP contribution in [0.4, 0.5) is 0 Å². The predicted octanol–water partition coefficient (Wildman–Crippen LogP) is 3.46. The third-order valence-corrected chi connectivity index (χ3v) is 3.90. The fourth-order valence-corrected chi connectivity index (χ4v) is 2.53. The van der Waals surface area contributed by atoms with Crippen molar-refractivity contribution in [3.05, 3.63) is 72.3 Å². The average Bonchev–Trinajstić information content (AvgIpc) is 2.46. The molecule has 1 unspecified atom stereocenters. The van der Waals surface area contributed by atoms with Gasteiger partial charge >= 0.3 is 0 Å². The number of hydrogen-bond acceptors (Lipinski definition) is 1. The van der Waals surface area contributed by atoms with Gasteiger partial charge in [-0.25, -0.2) is 0 Å². The maximum atomic E-state index is 9.47. The minimum absolute atomic E-state index is 0.115. The molecule has 1 N–H and O–H groups in total. The van der Waals surface area contributed by atoms with Gasteiger partial charge in [0.15, 0.2) is 0 Å². The summed E-state index contributed by atoms with van der Waals surface area (Å²) in [7, 11) is 5.78. The van der Waals surface area contributed by atoms with E-state index in [1.807, 2.05) is 30.3 Å². The molecule has 100 valence electrons. The highest BCUT2D eigenvalue weighted by Gasteiger charge is 2.27. The van der Waals surface area contributed by atoms with Crippen LogP contribution in [-0.4, -0.2) is 13.0 Å². The van der Waals surface area contributed by atoms with Crippen molar-refractivity contribution in [2.45, 2.75) is 25.2 Å². The Morgan fingerprint density at radius 3 is 2.05 bits per heavy atom. The van der Waals surface area contributed by atoms with Crippen LogP contribution < -0.4 is 5.46 Å². The lowest BCUT2D eigenvalue weighted by atomic mass is 9.72. The molecule has 2 rings (SSSR count). The number of hydrogen-bond donors (Lipinski definition) is 1. The molecule has 20 heavy (non-hydrogen) atoms. The van der Waals surface area contributed by atoms with E-state index in [1.165, 1.54) is 11.1 Å². The third-order valence-electron chi connectivity index (χ3n) is 3.90. The molecule has 0 fully saturated rings. The molecular weight excluding hydrogens is 243 g/mol. The van der Waals surface area contributed by atoms with Crippen molar-refractivity contribution >= 4 is 13.3 Å². The first-order chi connectivity index (χ1) is 9.56. The first-order valence-corrected chi connectivity index (χ1v) is 6.83. The molecule has 0 saturated heterocycles. The van der Waals surface area contributed by atoms with Gasteiger partial charge in [-0.3, -0.25) is 0 Å². The third kappa shape index (κ3) is 2.96. The molecule has 2 heteroatoms. The molecule has 0 aliphatic rings. The lowest BCUT2D eigenvalue weighted by molar-refractivity contribution is 0.473. The van der Waals surface area contributed by atoms with Crippen molar-refractivity contribution in [2.75, 3.05) is 0 Å². The van der Waals surface area contributed by atoms with Crippen LogP contribution in [0.1, 0.15) is 30.9 Å². The van der Waals surface area contributed by atoms with E-state index in [2.05, 4.69) is 25.6 Å². The van der Waals surface area contributed by atoms with Gasteiger partial charge in [0.25, 0.3) is 0 Å². The van der Waals surface area contributed by atoms with E-state index in [0.717, 1.165) is 18.3 Å². The fraction of sp³-hybridized carbons (Fsp3) is 0.222. The highest BCUT2D eigenvalue weighted by atomic mass is 16.3. The lowest BCUT2D eigenvalue weighted by Gasteiger charge is -2.31. The van der Waals surface area contributed by atoms with E-state index in [1.54, 1.807) is 12.1 Å². The maximum absolute atomic E-state index is 9.47. The van der Waals surface area contributed by atoms with Crippen molar-refractivity contribution in [2.24, 2.45) is 0 Å². The monoisotopic (exact) mass is 262 g/mol. The quantitative estimate of drug-likeness (QED) is 0.646. The van der Waals surface area contributed by atoms with Crippen LogP contribution in [-0.2, 0) is 5.41 Å². The van der Waals surface area contributed by atoms with Crippen LogP contribution in [0.5, 0.6) is 5.75 Å². The summed E-state index contributed by atoms with van der Waals surface area (Å²) in [6.07, 6.45) is 3.84. The Bertz CT molecular complexity index is 524. The van der Waals surface area contributed by atoms with Gasteiger partial charge < -0.3 is 5.11 Å². The van der Waals surface area contributed by atoms with Gasteiger partial charge in [0, 0.05) is 5.41 Å². The van der Waals surface area contributed by atoms with Crippen LogP contribution in [0, 0.1) is 0 Å². The normalized spacial score (nSPS) is 13.7. The first-order valence-electron chi connectivity index (χ1n) is 6.83. The number of phenolic OH excluding ortho intramolecular Hbond substituents is 1. The van der Waals surface area contributed by atoms with Gasteiger partial charge in [0.05, 0.1) is 0 Å². The molecule has 0 heterocycles. The van der Waals surface area contributed by atoms with Crippen LogP contribution in [0.2, 0.25) is 0 Å². The zero-order valence-corrected chi connectivity index (χ0v) is 11.8. The van der Waals surface area contributed by atoms with E-state index in [9.17, 15) is 5.11 Å². The van der Waals surface area contributed by atoms with Crippen molar-refractivity contribution in [1.82, 2.24) is 0 Å². The van der Waals surface area contributed by atoms with Crippen molar-refractivity contribution in [3.8, 4) is 5.75 Å². The molecule has 0 bridgehead atoms. The molecule has 1 atom stereocenters. The van der Waals surface area contributed by atoms with Crippen molar-refractivity contribution in [3.63, 3.8) is 0 Å². The molecule has 2 aromatic rings. The first kappa shape index (κ1) is 14.5. The summed E-state index contributed by atoms with van der Waals surface area (Å²) >= 11 is 0. The summed E-state index contributed by atoms with van der Waals surface area (Å²) in [5, 5.41) is 9.47. The number of aromatic hydroxyl groups is 1. The summed E-state index contributed by atoms with van der Waals surface area (Å²) in [5.74, 6) is 0.289. The van der Waals surface area contributed by atoms with Crippen molar-refractivity contribution < 1.29 is 5.11 Å². The highest BCUT2D eigenvalue weighted by molar-refractivity contribution is 6.32. The van der Waals surface area contributed by atoms with E-state index in [-0.39, 0.29) is 11.2 Å².